The highest BCUT2D eigenvalue weighted by molar-refractivity contribution is 5.45. The molecule has 1 N–H and O–H groups in total. The van der Waals surface area contributed by atoms with Gasteiger partial charge in [0.05, 0.1) is 17.9 Å². The third-order valence-electron chi connectivity index (χ3n) is 2.63. The Labute approximate surface area is 105 Å². The van der Waals surface area contributed by atoms with E-state index >= 15 is 0 Å². The summed E-state index contributed by atoms with van der Waals surface area (Å²) in [4.78, 5) is 3.95. The van der Waals surface area contributed by atoms with Crippen molar-refractivity contribution in [1.29, 1.82) is 5.26 Å². The van der Waals surface area contributed by atoms with Crippen molar-refractivity contribution < 1.29 is 4.39 Å². The van der Waals surface area contributed by atoms with Crippen molar-refractivity contribution in [3.63, 3.8) is 0 Å². The number of pyridine rings is 1. The number of halogens is 1. The summed E-state index contributed by atoms with van der Waals surface area (Å²) in [5, 5.41) is 11.8. The number of nitriles is 1. The lowest BCUT2D eigenvalue weighted by Crippen LogP contribution is -2.08. The Kier molecular flexibility index (Phi) is 3.54. The molecule has 1 heterocycles. The predicted octanol–water partition coefficient (Wildman–Crippen LogP) is 3.27. The molecule has 18 heavy (non-hydrogen) atoms. The van der Waals surface area contributed by atoms with Gasteiger partial charge < -0.3 is 5.32 Å². The molecule has 1 unspecified atom stereocenters. The van der Waals surface area contributed by atoms with Crippen LogP contribution >= 0.6 is 0 Å². The maximum atomic E-state index is 13.6. The topological polar surface area (TPSA) is 48.7 Å². The monoisotopic (exact) mass is 241 g/mol. The predicted molar refractivity (Wildman–Crippen MR) is 67.4 cm³/mol. The molecule has 0 spiro atoms. The van der Waals surface area contributed by atoms with Gasteiger partial charge in [0.1, 0.15) is 17.6 Å². The molecule has 0 saturated carbocycles. The fraction of sp³-hybridized carbons (Fsp3) is 0.143. The second kappa shape index (κ2) is 5.28. The summed E-state index contributed by atoms with van der Waals surface area (Å²) >= 11 is 0. The van der Waals surface area contributed by atoms with E-state index in [9.17, 15) is 4.39 Å². The summed E-state index contributed by atoms with van der Waals surface area (Å²) in [5.74, 6) is -0.237. The average Bonchev–Trinajstić information content (AvgIpc) is 2.40. The molecule has 4 heteroatoms. The highest BCUT2D eigenvalue weighted by Gasteiger charge is 2.09. The Bertz CT molecular complexity index is 572. The van der Waals surface area contributed by atoms with Crippen molar-refractivity contribution in [3.8, 4) is 6.07 Å². The number of nitrogens with one attached hydrogen (secondary N) is 1. The first-order valence-electron chi connectivity index (χ1n) is 5.58. The van der Waals surface area contributed by atoms with E-state index in [1.807, 2.05) is 13.0 Å². The van der Waals surface area contributed by atoms with Gasteiger partial charge in [-0.05, 0) is 25.1 Å². The van der Waals surface area contributed by atoms with Gasteiger partial charge in [-0.3, -0.25) is 0 Å². The van der Waals surface area contributed by atoms with Gasteiger partial charge in [0.15, 0.2) is 0 Å². The number of hydrogen-bond acceptors (Lipinski definition) is 3. The van der Waals surface area contributed by atoms with Crippen molar-refractivity contribution in [2.24, 2.45) is 0 Å². The van der Waals surface area contributed by atoms with Gasteiger partial charge in [0, 0.05) is 5.56 Å². The van der Waals surface area contributed by atoms with Crippen molar-refractivity contribution in [3.05, 3.63) is 59.7 Å². The number of rotatable bonds is 3. The van der Waals surface area contributed by atoms with E-state index in [2.05, 4.69) is 10.3 Å². The fourth-order valence-electron chi connectivity index (χ4n) is 1.70. The number of hydrogen-bond donors (Lipinski definition) is 1. The quantitative estimate of drug-likeness (QED) is 0.897. The Morgan fingerprint density at radius 1 is 1.28 bits per heavy atom. The van der Waals surface area contributed by atoms with Crippen molar-refractivity contribution in [2.45, 2.75) is 13.0 Å². The molecule has 90 valence electrons. The van der Waals surface area contributed by atoms with E-state index in [-0.39, 0.29) is 11.9 Å². The Morgan fingerprint density at radius 2 is 2.06 bits per heavy atom. The van der Waals surface area contributed by atoms with Crippen LogP contribution in [0, 0.1) is 17.1 Å². The van der Waals surface area contributed by atoms with E-state index in [0.717, 1.165) is 5.69 Å². The van der Waals surface area contributed by atoms with E-state index in [4.69, 9.17) is 5.26 Å². The van der Waals surface area contributed by atoms with Gasteiger partial charge in [-0.25, -0.2) is 9.37 Å². The largest absolute Gasteiger partial charge is 0.377 e. The minimum atomic E-state index is -0.237. The Balaban J connectivity index is 2.14. The van der Waals surface area contributed by atoms with E-state index in [0.29, 0.717) is 11.3 Å². The van der Waals surface area contributed by atoms with Crippen LogP contribution < -0.4 is 5.32 Å². The van der Waals surface area contributed by atoms with Gasteiger partial charge in [0.25, 0.3) is 0 Å². The second-order valence-electron chi connectivity index (χ2n) is 3.93. The lowest BCUT2D eigenvalue weighted by molar-refractivity contribution is 0.600. The highest BCUT2D eigenvalue weighted by atomic mass is 19.1. The van der Waals surface area contributed by atoms with Gasteiger partial charge in [0.2, 0.25) is 0 Å². The molecule has 1 aromatic heterocycles. The first-order valence-corrected chi connectivity index (χ1v) is 5.58. The SMILES string of the molecule is CC(Nc1ccc(C#N)nc1)c1ccccc1F. The zero-order valence-electron chi connectivity index (χ0n) is 9.89. The number of benzene rings is 1. The molecule has 0 aliphatic heterocycles. The summed E-state index contributed by atoms with van der Waals surface area (Å²) in [6.45, 7) is 1.87. The van der Waals surface area contributed by atoms with Crippen LogP contribution in [0.5, 0.6) is 0 Å². The van der Waals surface area contributed by atoms with Crippen LogP contribution in [-0.4, -0.2) is 4.98 Å². The molecule has 2 aromatic rings. The molecule has 0 saturated heterocycles. The van der Waals surface area contributed by atoms with Crippen LogP contribution in [0.25, 0.3) is 0 Å². The number of nitrogens with zero attached hydrogens (tertiary/aromatic N) is 2. The third-order valence-corrected chi connectivity index (χ3v) is 2.63. The minimum Gasteiger partial charge on any atom is -0.377 e. The maximum Gasteiger partial charge on any atom is 0.140 e. The van der Waals surface area contributed by atoms with Gasteiger partial charge >= 0.3 is 0 Å². The molecule has 3 nitrogen and oxygen atoms in total. The van der Waals surface area contributed by atoms with Crippen LogP contribution in [0.2, 0.25) is 0 Å². The number of aromatic nitrogens is 1. The van der Waals surface area contributed by atoms with E-state index < -0.39 is 0 Å². The summed E-state index contributed by atoms with van der Waals surface area (Å²) in [7, 11) is 0. The zero-order valence-corrected chi connectivity index (χ0v) is 9.89. The molecule has 0 amide bonds. The standard InChI is InChI=1S/C14H12FN3/c1-10(13-4-2-3-5-14(13)15)18-12-7-6-11(8-16)17-9-12/h2-7,9-10,18H,1H3. The molecular formula is C14H12FN3. The van der Waals surface area contributed by atoms with Crippen LogP contribution in [-0.2, 0) is 0 Å². The molecular weight excluding hydrogens is 229 g/mol. The van der Waals surface area contributed by atoms with Gasteiger partial charge in [-0.2, -0.15) is 5.26 Å². The minimum absolute atomic E-state index is 0.166. The Hall–Kier alpha value is -2.41. The summed E-state index contributed by atoms with van der Waals surface area (Å²) in [5.41, 5.74) is 1.71. The molecule has 0 aliphatic rings. The maximum absolute atomic E-state index is 13.6. The molecule has 1 aromatic carbocycles. The van der Waals surface area contributed by atoms with Crippen LogP contribution in [0.3, 0.4) is 0 Å². The summed E-state index contributed by atoms with van der Waals surface area (Å²) in [6, 6.07) is 11.8. The number of anilines is 1. The normalized spacial score (nSPS) is 11.6. The van der Waals surface area contributed by atoms with Crippen molar-refractivity contribution in [2.75, 3.05) is 5.32 Å². The van der Waals surface area contributed by atoms with Gasteiger partial charge in [-0.15, -0.1) is 0 Å². The first kappa shape index (κ1) is 12.1. The molecule has 2 rings (SSSR count). The summed E-state index contributed by atoms with van der Waals surface area (Å²) in [6.07, 6.45) is 1.57. The van der Waals surface area contributed by atoms with Crippen LogP contribution in [0.4, 0.5) is 10.1 Å². The Morgan fingerprint density at radius 3 is 2.67 bits per heavy atom. The van der Waals surface area contributed by atoms with Gasteiger partial charge in [-0.1, -0.05) is 18.2 Å². The molecule has 0 fully saturated rings. The van der Waals surface area contributed by atoms with Crippen molar-refractivity contribution in [1.82, 2.24) is 4.98 Å². The fourth-order valence-corrected chi connectivity index (χ4v) is 1.70. The van der Waals surface area contributed by atoms with E-state index in [1.54, 1.807) is 36.5 Å². The first-order chi connectivity index (χ1) is 8.70. The highest BCUT2D eigenvalue weighted by Crippen LogP contribution is 2.20. The van der Waals surface area contributed by atoms with E-state index in [1.165, 1.54) is 6.07 Å². The molecule has 0 radical (unpaired) electrons. The molecule has 0 bridgehead atoms. The second-order valence-corrected chi connectivity index (χ2v) is 3.93. The molecule has 0 aliphatic carbocycles. The third kappa shape index (κ3) is 2.64. The average molecular weight is 241 g/mol. The van der Waals surface area contributed by atoms with Crippen LogP contribution in [0.1, 0.15) is 24.2 Å². The molecule has 1 atom stereocenters. The lowest BCUT2D eigenvalue weighted by Gasteiger charge is -2.15. The lowest BCUT2D eigenvalue weighted by atomic mass is 10.1. The van der Waals surface area contributed by atoms with Crippen LogP contribution in [0.15, 0.2) is 42.6 Å². The zero-order chi connectivity index (χ0) is 13.0. The van der Waals surface area contributed by atoms with Crippen molar-refractivity contribution >= 4 is 5.69 Å². The summed E-state index contributed by atoms with van der Waals surface area (Å²) < 4.78 is 13.6. The smallest absolute Gasteiger partial charge is 0.140 e.